The van der Waals surface area contributed by atoms with Crippen molar-refractivity contribution in [1.29, 1.82) is 0 Å². The summed E-state index contributed by atoms with van der Waals surface area (Å²) >= 11 is 3.46. The predicted molar refractivity (Wildman–Crippen MR) is 86.7 cm³/mol. The molecule has 1 aromatic rings. The van der Waals surface area contributed by atoms with Gasteiger partial charge in [0.1, 0.15) is 0 Å². The number of Topliss-reactive ketones (excluding diaryl/α,β-unsaturated/α-hetero) is 1. The Morgan fingerprint density at radius 1 is 1.26 bits per heavy atom. The molecule has 0 N–H and O–H groups in total. The minimum Gasteiger partial charge on any atom is -0.296 e. The molecular weight excluding hydrogens is 274 g/mol. The first-order valence-electron chi connectivity index (χ1n) is 7.08. The number of rotatable bonds is 9. The summed E-state index contributed by atoms with van der Waals surface area (Å²) in [6, 6.07) is 4.06. The van der Waals surface area contributed by atoms with Crippen LogP contribution in [0.15, 0.2) is 16.3 Å². The number of thiophene rings is 1. The second-order valence-electron chi connectivity index (χ2n) is 4.98. The van der Waals surface area contributed by atoms with Crippen molar-refractivity contribution in [3.8, 4) is 0 Å². The van der Waals surface area contributed by atoms with Crippen LogP contribution < -0.4 is 0 Å². The average Bonchev–Trinajstić information content (AvgIpc) is 2.77. The number of carbonyl (C=O) groups is 1. The number of ketones is 1. The van der Waals surface area contributed by atoms with Gasteiger partial charge in [0.25, 0.3) is 0 Å². The zero-order valence-electron chi connectivity index (χ0n) is 12.4. The van der Waals surface area contributed by atoms with Crippen LogP contribution in [0.5, 0.6) is 0 Å². The summed E-state index contributed by atoms with van der Waals surface area (Å²) in [5.41, 5.74) is 0. The van der Waals surface area contributed by atoms with Crippen LogP contribution in [0.2, 0.25) is 0 Å². The van der Waals surface area contributed by atoms with Crippen molar-refractivity contribution in [2.75, 3.05) is 19.6 Å². The number of thioether (sulfide) groups is 1. The van der Waals surface area contributed by atoms with Gasteiger partial charge in [-0.3, -0.25) is 9.69 Å². The Bertz CT molecular complexity index is 381. The van der Waals surface area contributed by atoms with E-state index < -0.39 is 0 Å². The third-order valence-electron chi connectivity index (χ3n) is 2.65. The summed E-state index contributed by atoms with van der Waals surface area (Å²) in [5.74, 6) is 0.266. The van der Waals surface area contributed by atoms with Crippen LogP contribution in [0.3, 0.4) is 0 Å². The zero-order chi connectivity index (χ0) is 14.3. The molecule has 0 amide bonds. The molecule has 0 unspecified atom stereocenters. The molecular formula is C15H25NOS2. The van der Waals surface area contributed by atoms with Crippen molar-refractivity contribution >= 4 is 28.9 Å². The quantitative estimate of drug-likeness (QED) is 0.493. The van der Waals surface area contributed by atoms with Crippen LogP contribution in [-0.4, -0.2) is 35.6 Å². The molecule has 2 nitrogen and oxygen atoms in total. The summed E-state index contributed by atoms with van der Waals surface area (Å²) in [4.78, 5) is 15.4. The fourth-order valence-electron chi connectivity index (χ4n) is 1.95. The number of hydrogen-bond acceptors (Lipinski definition) is 4. The van der Waals surface area contributed by atoms with Crippen LogP contribution in [0.25, 0.3) is 0 Å². The van der Waals surface area contributed by atoms with E-state index in [4.69, 9.17) is 0 Å². The molecule has 0 aliphatic heterocycles. The summed E-state index contributed by atoms with van der Waals surface area (Å²) in [6.07, 6.45) is 2.21. The smallest absolute Gasteiger partial charge is 0.186 e. The van der Waals surface area contributed by atoms with Gasteiger partial charge in [0.2, 0.25) is 0 Å². The summed E-state index contributed by atoms with van der Waals surface area (Å²) in [6.45, 7) is 11.3. The molecule has 19 heavy (non-hydrogen) atoms. The van der Waals surface area contributed by atoms with Gasteiger partial charge in [-0.1, -0.05) is 27.7 Å². The van der Waals surface area contributed by atoms with Crippen LogP contribution in [0.1, 0.15) is 50.2 Å². The van der Waals surface area contributed by atoms with Crippen LogP contribution in [0.4, 0.5) is 0 Å². The summed E-state index contributed by atoms with van der Waals surface area (Å²) < 4.78 is 1.25. The highest BCUT2D eigenvalue weighted by Crippen LogP contribution is 2.30. The van der Waals surface area contributed by atoms with E-state index >= 15 is 0 Å². The average molecular weight is 300 g/mol. The van der Waals surface area contributed by atoms with E-state index in [1.165, 1.54) is 4.21 Å². The Morgan fingerprint density at radius 2 is 1.89 bits per heavy atom. The van der Waals surface area contributed by atoms with Gasteiger partial charge < -0.3 is 0 Å². The molecule has 0 saturated heterocycles. The molecule has 0 fully saturated rings. The molecule has 1 rings (SSSR count). The molecule has 0 aliphatic carbocycles. The first-order valence-corrected chi connectivity index (χ1v) is 8.78. The second-order valence-corrected chi connectivity index (χ2v) is 7.95. The van der Waals surface area contributed by atoms with Gasteiger partial charge >= 0.3 is 0 Å². The van der Waals surface area contributed by atoms with Crippen molar-refractivity contribution in [1.82, 2.24) is 4.90 Å². The largest absolute Gasteiger partial charge is 0.296 e. The number of carbonyl (C=O) groups excluding carboxylic acids is 1. The summed E-state index contributed by atoms with van der Waals surface area (Å²) in [5, 5.41) is 0.568. The highest BCUT2D eigenvalue weighted by molar-refractivity contribution is 8.01. The van der Waals surface area contributed by atoms with E-state index in [-0.39, 0.29) is 5.78 Å². The second kappa shape index (κ2) is 8.77. The maximum Gasteiger partial charge on any atom is 0.186 e. The maximum absolute atomic E-state index is 12.3. The topological polar surface area (TPSA) is 20.3 Å². The third kappa shape index (κ3) is 6.11. The minimum atomic E-state index is 0.266. The predicted octanol–water partition coefficient (Wildman–Crippen LogP) is 4.55. The Morgan fingerprint density at radius 3 is 2.42 bits per heavy atom. The van der Waals surface area contributed by atoms with Gasteiger partial charge in [-0.2, -0.15) is 0 Å². The maximum atomic E-state index is 12.3. The lowest BCUT2D eigenvalue weighted by molar-refractivity contribution is 0.0934. The van der Waals surface area contributed by atoms with Crippen molar-refractivity contribution in [2.45, 2.75) is 50.0 Å². The molecule has 0 aromatic carbocycles. The molecule has 1 aromatic heterocycles. The SMILES string of the molecule is CCCN(CCC)CC(=O)c1ccc(SC(C)C)s1. The van der Waals surface area contributed by atoms with E-state index in [9.17, 15) is 4.79 Å². The fourth-order valence-corrected chi connectivity index (χ4v) is 4.27. The van der Waals surface area contributed by atoms with Crippen LogP contribution >= 0.6 is 23.1 Å². The van der Waals surface area contributed by atoms with Gasteiger partial charge in [-0.25, -0.2) is 0 Å². The molecule has 1 heterocycles. The first kappa shape index (κ1) is 16.7. The molecule has 0 atom stereocenters. The lowest BCUT2D eigenvalue weighted by atomic mass is 10.2. The van der Waals surface area contributed by atoms with E-state index in [0.717, 1.165) is 30.8 Å². The van der Waals surface area contributed by atoms with E-state index in [2.05, 4.69) is 38.7 Å². The zero-order valence-corrected chi connectivity index (χ0v) is 14.1. The lowest BCUT2D eigenvalue weighted by Crippen LogP contribution is -2.31. The fraction of sp³-hybridized carbons (Fsp3) is 0.667. The van der Waals surface area contributed by atoms with E-state index in [0.29, 0.717) is 11.8 Å². The van der Waals surface area contributed by atoms with Gasteiger partial charge in [0.05, 0.1) is 15.6 Å². The van der Waals surface area contributed by atoms with Crippen LogP contribution in [0, 0.1) is 0 Å². The van der Waals surface area contributed by atoms with Gasteiger partial charge in [-0.15, -0.1) is 23.1 Å². The van der Waals surface area contributed by atoms with Crippen molar-refractivity contribution in [3.05, 3.63) is 17.0 Å². The molecule has 0 saturated carbocycles. The Hall–Kier alpha value is -0.320. The van der Waals surface area contributed by atoms with Crippen molar-refractivity contribution in [3.63, 3.8) is 0 Å². The lowest BCUT2D eigenvalue weighted by Gasteiger charge is -2.19. The highest BCUT2D eigenvalue weighted by atomic mass is 32.2. The van der Waals surface area contributed by atoms with Crippen molar-refractivity contribution < 1.29 is 4.79 Å². The van der Waals surface area contributed by atoms with Crippen molar-refractivity contribution in [2.24, 2.45) is 0 Å². The Kier molecular flexibility index (Phi) is 7.73. The molecule has 4 heteroatoms. The number of hydrogen-bond donors (Lipinski definition) is 0. The monoisotopic (exact) mass is 299 g/mol. The Labute approximate surface area is 125 Å². The summed E-state index contributed by atoms with van der Waals surface area (Å²) in [7, 11) is 0. The van der Waals surface area contributed by atoms with Gasteiger partial charge in [0.15, 0.2) is 5.78 Å². The molecule has 108 valence electrons. The molecule has 0 radical (unpaired) electrons. The minimum absolute atomic E-state index is 0.266. The first-order chi connectivity index (χ1) is 9.06. The molecule has 0 spiro atoms. The van der Waals surface area contributed by atoms with Gasteiger partial charge in [-0.05, 0) is 38.1 Å². The van der Waals surface area contributed by atoms with E-state index in [1.54, 1.807) is 11.3 Å². The van der Waals surface area contributed by atoms with Crippen LogP contribution in [-0.2, 0) is 0 Å². The number of nitrogens with zero attached hydrogens (tertiary/aromatic N) is 1. The van der Waals surface area contributed by atoms with E-state index in [1.807, 2.05) is 17.8 Å². The normalized spacial score (nSPS) is 11.5. The Balaban J connectivity index is 2.58. The highest BCUT2D eigenvalue weighted by Gasteiger charge is 2.14. The standard InChI is InChI=1S/C15H25NOS2/c1-5-9-16(10-6-2)11-13(17)14-7-8-15(19-14)18-12(3)4/h7-8,12H,5-6,9-11H2,1-4H3. The molecule has 0 bridgehead atoms. The van der Waals surface area contributed by atoms with Gasteiger partial charge in [0, 0.05) is 5.25 Å². The third-order valence-corrected chi connectivity index (χ3v) is 4.95. The molecule has 0 aliphatic rings.